The molecule has 0 saturated heterocycles. The van der Waals surface area contributed by atoms with Crippen molar-refractivity contribution in [2.75, 3.05) is 0 Å². The van der Waals surface area contributed by atoms with Gasteiger partial charge in [0.1, 0.15) is 5.75 Å². The summed E-state index contributed by atoms with van der Waals surface area (Å²) in [6.07, 6.45) is 1.38. The van der Waals surface area contributed by atoms with Crippen LogP contribution >= 0.6 is 0 Å². The number of carbonyl (C=O) groups is 1. The van der Waals surface area contributed by atoms with Crippen molar-refractivity contribution in [1.82, 2.24) is 20.2 Å². The second-order valence-corrected chi connectivity index (χ2v) is 6.63. The van der Waals surface area contributed by atoms with Gasteiger partial charge in [0, 0.05) is 11.1 Å². The molecule has 0 saturated carbocycles. The van der Waals surface area contributed by atoms with Gasteiger partial charge >= 0.3 is 5.91 Å². The van der Waals surface area contributed by atoms with Crippen LogP contribution in [-0.2, 0) is 0 Å². The van der Waals surface area contributed by atoms with Crippen LogP contribution in [0.4, 0.5) is 0 Å². The van der Waals surface area contributed by atoms with Crippen LogP contribution in [0.15, 0.2) is 84.0 Å². The number of para-hydroxylation sites is 1. The van der Waals surface area contributed by atoms with Gasteiger partial charge in [-0.15, -0.1) is 5.10 Å². The monoisotopic (exact) mass is 397 g/mol. The van der Waals surface area contributed by atoms with Crippen LogP contribution < -0.4 is 5.43 Å². The summed E-state index contributed by atoms with van der Waals surface area (Å²) in [5, 5.41) is 18.2. The largest absolute Gasteiger partial charge is 0.507 e. The number of aromatic nitrogens is 3. The number of aryl methyl sites for hydroxylation is 1. The SMILES string of the molecule is Cc1ccc(O)c(/C=N/NC(=O)c2nc(-c3ccccc3)n(-c3ccccc3)n2)c1. The van der Waals surface area contributed by atoms with Gasteiger partial charge in [0.05, 0.1) is 11.9 Å². The maximum Gasteiger partial charge on any atom is 0.311 e. The second kappa shape index (κ2) is 8.40. The van der Waals surface area contributed by atoms with Gasteiger partial charge in [0.25, 0.3) is 0 Å². The first-order valence-corrected chi connectivity index (χ1v) is 9.33. The van der Waals surface area contributed by atoms with Crippen molar-refractivity contribution in [3.63, 3.8) is 0 Å². The zero-order chi connectivity index (χ0) is 20.9. The molecule has 1 heterocycles. The third kappa shape index (κ3) is 4.10. The fraction of sp³-hybridized carbons (Fsp3) is 0.0435. The van der Waals surface area contributed by atoms with E-state index in [2.05, 4.69) is 20.6 Å². The number of phenols is 1. The Balaban J connectivity index is 1.62. The first-order chi connectivity index (χ1) is 14.6. The summed E-state index contributed by atoms with van der Waals surface area (Å²) in [7, 11) is 0. The zero-order valence-electron chi connectivity index (χ0n) is 16.2. The molecule has 30 heavy (non-hydrogen) atoms. The van der Waals surface area contributed by atoms with Crippen molar-refractivity contribution in [2.45, 2.75) is 6.92 Å². The van der Waals surface area contributed by atoms with Crippen LogP contribution in [0.2, 0.25) is 0 Å². The Morgan fingerprint density at radius 3 is 2.47 bits per heavy atom. The maximum absolute atomic E-state index is 12.6. The predicted octanol–water partition coefficient (Wildman–Crippen LogP) is 3.71. The highest BCUT2D eigenvalue weighted by molar-refractivity contribution is 5.92. The van der Waals surface area contributed by atoms with E-state index in [9.17, 15) is 9.90 Å². The van der Waals surface area contributed by atoms with Gasteiger partial charge in [-0.3, -0.25) is 4.79 Å². The van der Waals surface area contributed by atoms with Gasteiger partial charge < -0.3 is 5.11 Å². The number of phenolic OH excluding ortho intramolecular Hbond substituents is 1. The number of hydrogen-bond donors (Lipinski definition) is 2. The molecule has 0 atom stereocenters. The average molecular weight is 397 g/mol. The van der Waals surface area contributed by atoms with Crippen molar-refractivity contribution >= 4 is 12.1 Å². The number of nitrogens with one attached hydrogen (secondary N) is 1. The molecule has 1 aromatic heterocycles. The van der Waals surface area contributed by atoms with Crippen molar-refractivity contribution in [2.24, 2.45) is 5.10 Å². The fourth-order valence-corrected chi connectivity index (χ4v) is 2.92. The summed E-state index contributed by atoms with van der Waals surface area (Å²) in [5.74, 6) is 0.0669. The lowest BCUT2D eigenvalue weighted by Gasteiger charge is -2.05. The van der Waals surface area contributed by atoms with Crippen LogP contribution in [0.25, 0.3) is 17.1 Å². The Morgan fingerprint density at radius 2 is 1.73 bits per heavy atom. The Labute approximate surface area is 173 Å². The predicted molar refractivity (Wildman–Crippen MR) is 115 cm³/mol. The molecule has 0 aliphatic carbocycles. The normalized spacial score (nSPS) is 11.0. The molecule has 1 amide bonds. The van der Waals surface area contributed by atoms with Crippen molar-refractivity contribution in [1.29, 1.82) is 0 Å². The third-order valence-electron chi connectivity index (χ3n) is 4.40. The lowest BCUT2D eigenvalue weighted by molar-refractivity contribution is 0.0945. The van der Waals surface area contributed by atoms with Gasteiger partial charge in [-0.2, -0.15) is 5.10 Å². The highest BCUT2D eigenvalue weighted by Gasteiger charge is 2.18. The zero-order valence-corrected chi connectivity index (χ0v) is 16.2. The summed E-state index contributed by atoms with van der Waals surface area (Å²) < 4.78 is 1.63. The summed E-state index contributed by atoms with van der Waals surface area (Å²) in [6.45, 7) is 1.90. The molecule has 7 heteroatoms. The molecule has 0 spiro atoms. The van der Waals surface area contributed by atoms with Gasteiger partial charge in [0.15, 0.2) is 5.82 Å². The smallest absolute Gasteiger partial charge is 0.311 e. The summed E-state index contributed by atoms with van der Waals surface area (Å²) in [5.41, 5.74) is 5.51. The lowest BCUT2D eigenvalue weighted by Crippen LogP contribution is -2.19. The molecule has 148 valence electrons. The molecule has 7 nitrogen and oxygen atoms in total. The van der Waals surface area contributed by atoms with Crippen LogP contribution in [0.3, 0.4) is 0 Å². The molecule has 3 aromatic carbocycles. The minimum absolute atomic E-state index is 0.0108. The Kier molecular flexibility index (Phi) is 5.34. The molecule has 0 radical (unpaired) electrons. The first kappa shape index (κ1) is 19.1. The van der Waals surface area contributed by atoms with Crippen molar-refractivity contribution in [3.8, 4) is 22.8 Å². The minimum Gasteiger partial charge on any atom is -0.507 e. The van der Waals surface area contributed by atoms with E-state index in [0.717, 1.165) is 16.8 Å². The quantitative estimate of drug-likeness (QED) is 0.397. The highest BCUT2D eigenvalue weighted by Crippen LogP contribution is 2.21. The minimum atomic E-state index is -0.551. The number of rotatable bonds is 5. The molecule has 0 aliphatic rings. The standard InChI is InChI=1S/C23H19N5O2/c1-16-12-13-20(29)18(14-16)15-24-26-23(30)21-25-22(17-8-4-2-5-9-17)28(27-21)19-10-6-3-7-11-19/h2-15,29H,1H3,(H,26,30)/b24-15+. The Hall–Kier alpha value is -4.26. The number of carbonyl (C=O) groups excluding carboxylic acids is 1. The van der Waals surface area contributed by atoms with E-state index in [4.69, 9.17) is 0 Å². The average Bonchev–Trinajstić information content (AvgIpc) is 3.23. The third-order valence-corrected chi connectivity index (χ3v) is 4.40. The molecule has 0 bridgehead atoms. The molecule has 0 unspecified atom stereocenters. The number of aromatic hydroxyl groups is 1. The van der Waals surface area contributed by atoms with Gasteiger partial charge in [0.2, 0.25) is 5.82 Å². The Morgan fingerprint density at radius 1 is 1.03 bits per heavy atom. The van der Waals surface area contributed by atoms with Crippen molar-refractivity contribution < 1.29 is 9.90 Å². The highest BCUT2D eigenvalue weighted by atomic mass is 16.3. The van der Waals surface area contributed by atoms with Crippen molar-refractivity contribution in [3.05, 3.63) is 95.8 Å². The number of hydrogen-bond acceptors (Lipinski definition) is 5. The fourth-order valence-electron chi connectivity index (χ4n) is 2.92. The van der Waals surface area contributed by atoms with Gasteiger partial charge in [-0.05, 0) is 31.2 Å². The summed E-state index contributed by atoms with van der Waals surface area (Å²) in [6, 6.07) is 24.1. The topological polar surface area (TPSA) is 92.4 Å². The summed E-state index contributed by atoms with van der Waals surface area (Å²) in [4.78, 5) is 17.0. The number of amides is 1. The van der Waals surface area contributed by atoms with Crippen LogP contribution in [0, 0.1) is 6.92 Å². The van der Waals surface area contributed by atoms with E-state index in [-0.39, 0.29) is 11.6 Å². The number of nitrogens with zero attached hydrogens (tertiary/aromatic N) is 4. The summed E-state index contributed by atoms with van der Waals surface area (Å²) >= 11 is 0. The molecule has 4 rings (SSSR count). The van der Waals surface area contributed by atoms with Crippen LogP contribution in [0.1, 0.15) is 21.7 Å². The molecular formula is C23H19N5O2. The molecule has 2 N–H and O–H groups in total. The van der Waals surface area contributed by atoms with E-state index in [1.807, 2.05) is 67.6 Å². The number of benzene rings is 3. The van der Waals surface area contributed by atoms with E-state index in [1.165, 1.54) is 6.21 Å². The molecular weight excluding hydrogens is 378 g/mol. The van der Waals surface area contributed by atoms with Crippen LogP contribution in [0.5, 0.6) is 5.75 Å². The van der Waals surface area contributed by atoms with E-state index >= 15 is 0 Å². The maximum atomic E-state index is 12.6. The molecule has 0 aliphatic heterocycles. The lowest BCUT2D eigenvalue weighted by atomic mass is 10.1. The van der Waals surface area contributed by atoms with E-state index < -0.39 is 5.91 Å². The molecule has 0 fully saturated rings. The van der Waals surface area contributed by atoms with E-state index in [1.54, 1.807) is 22.9 Å². The van der Waals surface area contributed by atoms with Crippen LogP contribution in [-0.4, -0.2) is 32.0 Å². The number of hydrazone groups is 1. The molecule has 4 aromatic rings. The first-order valence-electron chi connectivity index (χ1n) is 9.33. The second-order valence-electron chi connectivity index (χ2n) is 6.63. The van der Waals surface area contributed by atoms with Gasteiger partial charge in [-0.1, -0.05) is 60.2 Å². The Bertz CT molecular complexity index is 1140. The van der Waals surface area contributed by atoms with Gasteiger partial charge in [-0.25, -0.2) is 15.1 Å². The van der Waals surface area contributed by atoms with E-state index in [0.29, 0.717) is 11.4 Å².